The smallest absolute Gasteiger partial charge is 0.339 e. The number of aromatic nitrogens is 1. The Morgan fingerprint density at radius 2 is 2.25 bits per heavy atom. The van der Waals surface area contributed by atoms with Crippen LogP contribution in [0.4, 0.5) is 5.69 Å². The number of methoxy groups -OCH3 is 1. The molecule has 0 radical (unpaired) electrons. The molecule has 0 fully saturated rings. The third kappa shape index (κ3) is 3.08. The van der Waals surface area contributed by atoms with E-state index in [2.05, 4.69) is 21.2 Å². The van der Waals surface area contributed by atoms with Gasteiger partial charge in [-0.25, -0.2) is 4.79 Å². The molecule has 0 saturated heterocycles. The van der Waals surface area contributed by atoms with Gasteiger partial charge in [0.05, 0.1) is 35.3 Å². The van der Waals surface area contributed by atoms with Gasteiger partial charge in [-0.2, -0.15) is 0 Å². The van der Waals surface area contributed by atoms with E-state index < -0.39 is 5.97 Å². The fourth-order valence-corrected chi connectivity index (χ4v) is 2.03. The summed E-state index contributed by atoms with van der Waals surface area (Å²) in [4.78, 5) is 15.9. The van der Waals surface area contributed by atoms with Crippen LogP contribution in [0.3, 0.4) is 0 Å². The summed E-state index contributed by atoms with van der Waals surface area (Å²) in [6.45, 7) is 2.94. The van der Waals surface area contributed by atoms with Crippen molar-refractivity contribution in [3.63, 3.8) is 0 Å². The summed E-state index contributed by atoms with van der Waals surface area (Å²) in [7, 11) is 1.32. The summed E-state index contributed by atoms with van der Waals surface area (Å²) in [5.74, 6) is -0.469. The molecule has 1 aromatic heterocycles. The van der Waals surface area contributed by atoms with Gasteiger partial charge in [-0.15, -0.1) is 0 Å². The van der Waals surface area contributed by atoms with Crippen LogP contribution in [0.1, 0.15) is 23.0 Å². The third-order valence-electron chi connectivity index (χ3n) is 2.91. The van der Waals surface area contributed by atoms with E-state index in [0.717, 1.165) is 12.2 Å². The van der Waals surface area contributed by atoms with Crippen molar-refractivity contribution >= 4 is 29.5 Å². The molecular weight excluding hydrogens is 276 g/mol. The zero-order valence-electron chi connectivity index (χ0n) is 11.3. The largest absolute Gasteiger partial charge is 0.465 e. The molecule has 0 unspecified atom stereocenters. The zero-order chi connectivity index (χ0) is 14.5. The summed E-state index contributed by atoms with van der Waals surface area (Å²) in [6, 6.07) is 8.95. The number of nitrogens with zero attached hydrogens (tertiary/aromatic N) is 2. The molecule has 0 bridgehead atoms. The average molecular weight is 291 g/mol. The van der Waals surface area contributed by atoms with Crippen molar-refractivity contribution in [2.75, 3.05) is 7.11 Å². The van der Waals surface area contributed by atoms with E-state index in [1.807, 2.05) is 18.3 Å². The second-order valence-electron chi connectivity index (χ2n) is 4.13. The summed E-state index contributed by atoms with van der Waals surface area (Å²) in [6.07, 6.45) is 3.75. The fourth-order valence-electron chi connectivity index (χ4n) is 1.83. The Hall–Kier alpha value is -2.07. The Labute approximate surface area is 122 Å². The fraction of sp³-hybridized carbons (Fsp3) is 0.200. The lowest BCUT2D eigenvalue weighted by Crippen LogP contribution is -2.01. The zero-order valence-corrected chi connectivity index (χ0v) is 12.1. The van der Waals surface area contributed by atoms with Gasteiger partial charge in [0.1, 0.15) is 0 Å². The molecule has 2 aromatic rings. The number of esters is 1. The molecule has 104 valence electrons. The minimum atomic E-state index is -0.469. The van der Waals surface area contributed by atoms with E-state index in [4.69, 9.17) is 11.6 Å². The molecule has 0 aliphatic carbocycles. The van der Waals surface area contributed by atoms with Crippen molar-refractivity contribution in [2.24, 2.45) is 4.99 Å². The van der Waals surface area contributed by atoms with Crippen LogP contribution in [0, 0.1) is 0 Å². The predicted molar refractivity (Wildman–Crippen MR) is 80.2 cm³/mol. The average Bonchev–Trinajstić information content (AvgIpc) is 2.93. The number of carbonyl (C=O) groups is 1. The molecule has 20 heavy (non-hydrogen) atoms. The van der Waals surface area contributed by atoms with E-state index in [0.29, 0.717) is 16.3 Å². The van der Waals surface area contributed by atoms with Gasteiger partial charge >= 0.3 is 5.97 Å². The molecule has 0 N–H and O–H groups in total. The van der Waals surface area contributed by atoms with Gasteiger partial charge in [-0.3, -0.25) is 4.99 Å². The Kier molecular flexibility index (Phi) is 4.58. The van der Waals surface area contributed by atoms with Gasteiger partial charge in [0.2, 0.25) is 0 Å². The molecule has 1 heterocycles. The molecule has 5 heteroatoms. The van der Waals surface area contributed by atoms with E-state index in [9.17, 15) is 4.79 Å². The second kappa shape index (κ2) is 6.39. The quantitative estimate of drug-likeness (QED) is 0.636. The van der Waals surface area contributed by atoms with Crippen molar-refractivity contribution < 1.29 is 9.53 Å². The maximum atomic E-state index is 11.6. The Morgan fingerprint density at radius 1 is 1.45 bits per heavy atom. The number of halogens is 1. The van der Waals surface area contributed by atoms with Gasteiger partial charge < -0.3 is 9.30 Å². The first-order valence-corrected chi connectivity index (χ1v) is 6.60. The van der Waals surface area contributed by atoms with Gasteiger partial charge in [0.15, 0.2) is 0 Å². The minimum absolute atomic E-state index is 0.315. The van der Waals surface area contributed by atoms with Crippen molar-refractivity contribution in [1.82, 2.24) is 4.57 Å². The van der Waals surface area contributed by atoms with Crippen molar-refractivity contribution in [3.8, 4) is 0 Å². The van der Waals surface area contributed by atoms with Crippen LogP contribution >= 0.6 is 11.6 Å². The van der Waals surface area contributed by atoms with Crippen LogP contribution in [0.25, 0.3) is 0 Å². The maximum Gasteiger partial charge on any atom is 0.339 e. The van der Waals surface area contributed by atoms with E-state index in [1.165, 1.54) is 7.11 Å². The van der Waals surface area contributed by atoms with Crippen LogP contribution in [-0.4, -0.2) is 23.9 Å². The molecule has 4 nitrogen and oxygen atoms in total. The number of rotatable bonds is 4. The van der Waals surface area contributed by atoms with Crippen LogP contribution in [-0.2, 0) is 11.3 Å². The third-order valence-corrected chi connectivity index (χ3v) is 3.24. The molecule has 0 saturated carbocycles. The standard InChI is InChI=1S/C15H15ClN2O2/c1-3-18-8-4-5-12(18)10-17-11-6-7-14(16)13(9-11)15(19)20-2/h4-10H,3H2,1-2H3. The predicted octanol–water partition coefficient (Wildman–Crippen LogP) is 3.70. The summed E-state index contributed by atoms with van der Waals surface area (Å²) >= 11 is 5.96. The lowest BCUT2D eigenvalue weighted by Gasteiger charge is -2.03. The van der Waals surface area contributed by atoms with Crippen molar-refractivity contribution in [3.05, 3.63) is 52.8 Å². The SMILES string of the molecule is CCn1cccc1C=Nc1ccc(Cl)c(C(=O)OC)c1. The summed E-state index contributed by atoms with van der Waals surface area (Å²) in [5.41, 5.74) is 1.97. The Morgan fingerprint density at radius 3 is 2.95 bits per heavy atom. The van der Waals surface area contributed by atoms with E-state index in [1.54, 1.807) is 24.4 Å². The highest BCUT2D eigenvalue weighted by Crippen LogP contribution is 2.23. The van der Waals surface area contributed by atoms with Gasteiger partial charge in [0.25, 0.3) is 0 Å². The summed E-state index contributed by atoms with van der Waals surface area (Å²) in [5, 5.41) is 0.354. The van der Waals surface area contributed by atoms with Crippen LogP contribution in [0.15, 0.2) is 41.5 Å². The molecule has 0 atom stereocenters. The van der Waals surface area contributed by atoms with Crippen molar-refractivity contribution in [2.45, 2.75) is 13.5 Å². The van der Waals surface area contributed by atoms with Gasteiger partial charge in [-0.1, -0.05) is 11.6 Å². The van der Waals surface area contributed by atoms with E-state index in [-0.39, 0.29) is 0 Å². The van der Waals surface area contributed by atoms with E-state index >= 15 is 0 Å². The number of hydrogen-bond acceptors (Lipinski definition) is 3. The van der Waals surface area contributed by atoms with Crippen LogP contribution in [0.2, 0.25) is 5.02 Å². The molecule has 0 aliphatic rings. The highest BCUT2D eigenvalue weighted by atomic mass is 35.5. The number of aryl methyl sites for hydroxylation is 1. The Bertz CT molecular complexity index is 647. The first-order chi connectivity index (χ1) is 9.65. The highest BCUT2D eigenvalue weighted by molar-refractivity contribution is 6.33. The molecule has 2 rings (SSSR count). The molecule has 0 aliphatic heterocycles. The van der Waals surface area contributed by atoms with Crippen molar-refractivity contribution in [1.29, 1.82) is 0 Å². The molecule has 1 aromatic carbocycles. The van der Waals surface area contributed by atoms with Gasteiger partial charge in [-0.05, 0) is 37.3 Å². The Balaban J connectivity index is 2.28. The minimum Gasteiger partial charge on any atom is -0.465 e. The molecule has 0 amide bonds. The number of carbonyl (C=O) groups excluding carboxylic acids is 1. The molecular formula is C15H15ClN2O2. The number of benzene rings is 1. The normalized spacial score (nSPS) is 10.9. The monoisotopic (exact) mass is 290 g/mol. The maximum absolute atomic E-state index is 11.6. The molecule has 0 spiro atoms. The summed E-state index contributed by atoms with van der Waals surface area (Å²) < 4.78 is 6.75. The number of aliphatic imine (C=N–C) groups is 1. The highest BCUT2D eigenvalue weighted by Gasteiger charge is 2.10. The first kappa shape index (κ1) is 14.3. The van der Waals surface area contributed by atoms with Crippen LogP contribution in [0.5, 0.6) is 0 Å². The topological polar surface area (TPSA) is 43.6 Å². The first-order valence-electron chi connectivity index (χ1n) is 6.22. The van der Waals surface area contributed by atoms with Crippen LogP contribution < -0.4 is 0 Å². The van der Waals surface area contributed by atoms with Gasteiger partial charge in [0, 0.05) is 12.7 Å². The second-order valence-corrected chi connectivity index (χ2v) is 4.54. The number of ether oxygens (including phenoxy) is 1. The lowest BCUT2D eigenvalue weighted by atomic mass is 10.2. The number of hydrogen-bond donors (Lipinski definition) is 0. The lowest BCUT2D eigenvalue weighted by molar-refractivity contribution is 0.0601.